The van der Waals surface area contributed by atoms with Crippen LogP contribution in [0, 0.1) is 6.92 Å². The molecule has 0 saturated heterocycles. The second kappa shape index (κ2) is 6.37. The average molecular weight is 298 g/mol. The van der Waals surface area contributed by atoms with Crippen molar-refractivity contribution >= 4 is 15.9 Å². The number of amides is 1. The van der Waals surface area contributed by atoms with E-state index in [-0.39, 0.29) is 16.8 Å². The molecule has 0 bridgehead atoms. The number of hydrogen-bond donors (Lipinski definition) is 1. The van der Waals surface area contributed by atoms with Crippen LogP contribution in [0.25, 0.3) is 0 Å². The molecule has 0 unspecified atom stereocenters. The van der Waals surface area contributed by atoms with Crippen LogP contribution in [-0.4, -0.2) is 38.8 Å². The summed E-state index contributed by atoms with van der Waals surface area (Å²) in [5.41, 5.74) is 1.15. The molecule has 20 heavy (non-hydrogen) atoms. The predicted molar refractivity (Wildman–Crippen MR) is 79.3 cm³/mol. The van der Waals surface area contributed by atoms with Crippen LogP contribution in [0.4, 0.5) is 0 Å². The minimum Gasteiger partial charge on any atom is -0.350 e. The van der Waals surface area contributed by atoms with Gasteiger partial charge in [-0.1, -0.05) is 13.0 Å². The highest BCUT2D eigenvalue weighted by molar-refractivity contribution is 7.89. The Morgan fingerprint density at radius 3 is 2.45 bits per heavy atom. The molecular formula is C14H22N2O3S. The molecule has 1 atom stereocenters. The molecule has 0 heterocycles. The van der Waals surface area contributed by atoms with Gasteiger partial charge in [0.15, 0.2) is 0 Å². The molecule has 0 saturated carbocycles. The van der Waals surface area contributed by atoms with Gasteiger partial charge in [-0.3, -0.25) is 4.79 Å². The SMILES string of the molecule is CC[C@H](C)NC(=O)c1cc(S(=O)(=O)N(C)C)ccc1C. The first-order valence-corrected chi connectivity index (χ1v) is 7.98. The molecule has 0 fully saturated rings. The van der Waals surface area contributed by atoms with Crippen LogP contribution in [0.15, 0.2) is 23.1 Å². The van der Waals surface area contributed by atoms with Crippen LogP contribution in [0.3, 0.4) is 0 Å². The standard InChI is InChI=1S/C14H22N2O3S/c1-6-11(3)15-14(17)13-9-12(8-7-10(13)2)20(18,19)16(4)5/h7-9,11H,6H2,1-5H3,(H,15,17)/t11-/m0/s1. The molecule has 0 aliphatic rings. The normalized spacial score (nSPS) is 13.3. The molecule has 1 rings (SSSR count). The van der Waals surface area contributed by atoms with E-state index in [1.165, 1.54) is 26.2 Å². The number of nitrogens with zero attached hydrogens (tertiary/aromatic N) is 1. The summed E-state index contributed by atoms with van der Waals surface area (Å²) in [6, 6.07) is 4.66. The van der Waals surface area contributed by atoms with Crippen molar-refractivity contribution < 1.29 is 13.2 Å². The molecule has 1 amide bonds. The molecular weight excluding hydrogens is 276 g/mol. The number of hydrogen-bond acceptors (Lipinski definition) is 3. The highest BCUT2D eigenvalue weighted by atomic mass is 32.2. The molecule has 112 valence electrons. The average Bonchev–Trinajstić information content (AvgIpc) is 2.38. The van der Waals surface area contributed by atoms with Crippen LogP contribution in [0.5, 0.6) is 0 Å². The van der Waals surface area contributed by atoms with Gasteiger partial charge in [-0.25, -0.2) is 12.7 Å². The smallest absolute Gasteiger partial charge is 0.251 e. The van der Waals surface area contributed by atoms with E-state index in [1.54, 1.807) is 13.0 Å². The minimum absolute atomic E-state index is 0.0519. The maximum Gasteiger partial charge on any atom is 0.251 e. The van der Waals surface area contributed by atoms with Gasteiger partial charge >= 0.3 is 0 Å². The molecule has 0 aliphatic heterocycles. The van der Waals surface area contributed by atoms with Crippen LogP contribution in [-0.2, 0) is 10.0 Å². The predicted octanol–water partition coefficient (Wildman–Crippen LogP) is 1.77. The highest BCUT2D eigenvalue weighted by Crippen LogP contribution is 2.18. The van der Waals surface area contributed by atoms with Gasteiger partial charge in [0.2, 0.25) is 10.0 Å². The largest absolute Gasteiger partial charge is 0.350 e. The number of carbonyl (C=O) groups excluding carboxylic acids is 1. The molecule has 1 N–H and O–H groups in total. The maximum absolute atomic E-state index is 12.2. The quantitative estimate of drug-likeness (QED) is 0.901. The third-order valence-electron chi connectivity index (χ3n) is 3.22. The Balaban J connectivity index is 3.20. The van der Waals surface area contributed by atoms with Crippen LogP contribution >= 0.6 is 0 Å². The zero-order chi connectivity index (χ0) is 15.5. The van der Waals surface area contributed by atoms with Gasteiger partial charge < -0.3 is 5.32 Å². The van der Waals surface area contributed by atoms with Crippen molar-refractivity contribution in [2.75, 3.05) is 14.1 Å². The van der Waals surface area contributed by atoms with Gasteiger partial charge in [0, 0.05) is 25.7 Å². The van der Waals surface area contributed by atoms with Crippen molar-refractivity contribution in [2.24, 2.45) is 0 Å². The summed E-state index contributed by atoms with van der Waals surface area (Å²) >= 11 is 0. The zero-order valence-corrected chi connectivity index (χ0v) is 13.4. The Hall–Kier alpha value is -1.40. The zero-order valence-electron chi connectivity index (χ0n) is 12.6. The Bertz CT molecular complexity index is 594. The number of nitrogens with one attached hydrogen (secondary N) is 1. The van der Waals surface area contributed by atoms with E-state index < -0.39 is 10.0 Å². The fourth-order valence-electron chi connectivity index (χ4n) is 1.62. The molecule has 0 spiro atoms. The van der Waals surface area contributed by atoms with Gasteiger partial charge in [0.1, 0.15) is 0 Å². The van der Waals surface area contributed by atoms with Gasteiger partial charge in [-0.2, -0.15) is 0 Å². The van der Waals surface area contributed by atoms with Crippen molar-refractivity contribution in [1.29, 1.82) is 0 Å². The van der Waals surface area contributed by atoms with E-state index in [0.29, 0.717) is 5.56 Å². The lowest BCUT2D eigenvalue weighted by Gasteiger charge is -2.15. The summed E-state index contributed by atoms with van der Waals surface area (Å²) in [5, 5.41) is 2.85. The van der Waals surface area contributed by atoms with Gasteiger partial charge in [-0.05, 0) is 38.0 Å². The maximum atomic E-state index is 12.2. The Morgan fingerprint density at radius 1 is 1.35 bits per heavy atom. The summed E-state index contributed by atoms with van der Waals surface area (Å²) in [6.45, 7) is 5.68. The second-order valence-corrected chi connectivity index (χ2v) is 7.20. The molecule has 1 aromatic rings. The molecule has 1 aromatic carbocycles. The molecule has 5 nitrogen and oxygen atoms in total. The number of sulfonamides is 1. The molecule has 0 aromatic heterocycles. The lowest BCUT2D eigenvalue weighted by Crippen LogP contribution is -2.32. The lowest BCUT2D eigenvalue weighted by molar-refractivity contribution is 0.0938. The van der Waals surface area contributed by atoms with E-state index in [1.807, 2.05) is 13.8 Å². The third kappa shape index (κ3) is 3.58. The van der Waals surface area contributed by atoms with E-state index in [4.69, 9.17) is 0 Å². The molecule has 6 heteroatoms. The Kier molecular flexibility index (Phi) is 5.30. The summed E-state index contributed by atoms with van der Waals surface area (Å²) < 4.78 is 25.3. The van der Waals surface area contributed by atoms with Crippen LogP contribution < -0.4 is 5.32 Å². The lowest BCUT2D eigenvalue weighted by atomic mass is 10.1. The van der Waals surface area contributed by atoms with Crippen molar-refractivity contribution in [2.45, 2.75) is 38.1 Å². The van der Waals surface area contributed by atoms with Gasteiger partial charge in [-0.15, -0.1) is 0 Å². The Morgan fingerprint density at radius 2 is 1.95 bits per heavy atom. The number of carbonyl (C=O) groups is 1. The van der Waals surface area contributed by atoms with Crippen molar-refractivity contribution in [3.05, 3.63) is 29.3 Å². The minimum atomic E-state index is -3.53. The number of rotatable bonds is 5. The van der Waals surface area contributed by atoms with Gasteiger partial charge in [0.05, 0.1) is 4.90 Å². The van der Waals surface area contributed by atoms with E-state index in [9.17, 15) is 13.2 Å². The second-order valence-electron chi connectivity index (χ2n) is 5.05. The van der Waals surface area contributed by atoms with Crippen LogP contribution in [0.2, 0.25) is 0 Å². The van der Waals surface area contributed by atoms with E-state index in [0.717, 1.165) is 16.3 Å². The summed E-state index contributed by atoms with van der Waals surface area (Å²) in [4.78, 5) is 12.3. The fraction of sp³-hybridized carbons (Fsp3) is 0.500. The van der Waals surface area contributed by atoms with Crippen molar-refractivity contribution in [3.8, 4) is 0 Å². The van der Waals surface area contributed by atoms with E-state index in [2.05, 4.69) is 5.32 Å². The van der Waals surface area contributed by atoms with Crippen molar-refractivity contribution in [3.63, 3.8) is 0 Å². The molecule has 0 aliphatic carbocycles. The van der Waals surface area contributed by atoms with Crippen LogP contribution in [0.1, 0.15) is 36.2 Å². The topological polar surface area (TPSA) is 66.5 Å². The first-order chi connectivity index (χ1) is 9.20. The number of aryl methyl sites for hydroxylation is 1. The fourth-order valence-corrected chi connectivity index (χ4v) is 2.55. The monoisotopic (exact) mass is 298 g/mol. The van der Waals surface area contributed by atoms with Crippen molar-refractivity contribution in [1.82, 2.24) is 9.62 Å². The number of benzene rings is 1. The van der Waals surface area contributed by atoms with E-state index >= 15 is 0 Å². The summed E-state index contributed by atoms with van der Waals surface area (Å²) in [6.07, 6.45) is 0.820. The summed E-state index contributed by atoms with van der Waals surface area (Å²) in [7, 11) is -0.598. The summed E-state index contributed by atoms with van der Waals surface area (Å²) in [5.74, 6) is -0.243. The first kappa shape index (κ1) is 16.7. The third-order valence-corrected chi connectivity index (χ3v) is 5.03. The first-order valence-electron chi connectivity index (χ1n) is 6.54. The molecule has 0 radical (unpaired) electrons. The van der Waals surface area contributed by atoms with Gasteiger partial charge in [0.25, 0.3) is 5.91 Å². The Labute approximate surface area is 121 Å². The highest BCUT2D eigenvalue weighted by Gasteiger charge is 2.20.